The number of carbonyl (C=O) groups excluding carboxylic acids is 2. The smallest absolute Gasteiger partial charge is 0.256 e. The van der Waals surface area contributed by atoms with Gasteiger partial charge in [0.2, 0.25) is 0 Å². The van der Waals surface area contributed by atoms with Crippen LogP contribution in [-0.2, 0) is 14.3 Å². The van der Waals surface area contributed by atoms with E-state index in [0.717, 1.165) is 11.8 Å². The van der Waals surface area contributed by atoms with Crippen molar-refractivity contribution in [3.63, 3.8) is 0 Å². The lowest BCUT2D eigenvalue weighted by molar-refractivity contribution is -0.124. The standard InChI is InChI=1S/C16H25NO3/c1-3-12-6-5-11(7-13(12)4-2)9-20-10-14-8-15(18)17-16(14)19/h8,11-13H,3-7,9-10H2,1-2H3,(H,17,18,19)/t11-,12?,13?/m0/s1. The molecule has 1 aliphatic carbocycles. The first-order chi connectivity index (χ1) is 9.63. The Hall–Kier alpha value is -1.16. The fourth-order valence-electron chi connectivity index (χ4n) is 3.51. The summed E-state index contributed by atoms with van der Waals surface area (Å²) >= 11 is 0. The van der Waals surface area contributed by atoms with E-state index >= 15 is 0 Å². The Kier molecular flexibility index (Phi) is 5.35. The molecule has 2 amide bonds. The Morgan fingerprint density at radius 3 is 2.55 bits per heavy atom. The van der Waals surface area contributed by atoms with E-state index in [-0.39, 0.29) is 18.4 Å². The van der Waals surface area contributed by atoms with Gasteiger partial charge in [0.1, 0.15) is 0 Å². The van der Waals surface area contributed by atoms with Gasteiger partial charge in [0.15, 0.2) is 0 Å². The molecule has 4 nitrogen and oxygen atoms in total. The van der Waals surface area contributed by atoms with Gasteiger partial charge >= 0.3 is 0 Å². The lowest BCUT2D eigenvalue weighted by Crippen LogP contribution is -2.27. The van der Waals surface area contributed by atoms with Gasteiger partial charge in [-0.15, -0.1) is 0 Å². The molecule has 2 rings (SSSR count). The van der Waals surface area contributed by atoms with E-state index in [0.29, 0.717) is 18.1 Å². The third-order valence-corrected chi connectivity index (χ3v) is 4.74. The molecular formula is C16H25NO3. The number of nitrogens with one attached hydrogen (secondary N) is 1. The molecule has 1 aliphatic heterocycles. The third-order valence-electron chi connectivity index (χ3n) is 4.74. The fraction of sp³-hybridized carbons (Fsp3) is 0.750. The minimum absolute atomic E-state index is 0.252. The summed E-state index contributed by atoms with van der Waals surface area (Å²) in [5, 5.41) is 2.23. The third kappa shape index (κ3) is 3.69. The van der Waals surface area contributed by atoms with Gasteiger partial charge in [-0.05, 0) is 37.0 Å². The van der Waals surface area contributed by atoms with Crippen molar-refractivity contribution < 1.29 is 14.3 Å². The van der Waals surface area contributed by atoms with Gasteiger partial charge in [0.25, 0.3) is 11.8 Å². The summed E-state index contributed by atoms with van der Waals surface area (Å²) in [5.74, 6) is 1.65. The summed E-state index contributed by atoms with van der Waals surface area (Å²) < 4.78 is 5.66. The highest BCUT2D eigenvalue weighted by atomic mass is 16.5. The lowest BCUT2D eigenvalue weighted by atomic mass is 9.72. The number of ether oxygens (including phenoxy) is 1. The van der Waals surface area contributed by atoms with Crippen LogP contribution in [0.1, 0.15) is 46.0 Å². The molecule has 0 saturated heterocycles. The van der Waals surface area contributed by atoms with Crippen LogP contribution in [0.2, 0.25) is 0 Å². The number of rotatable bonds is 6. The molecule has 112 valence electrons. The average Bonchev–Trinajstić information content (AvgIpc) is 2.77. The zero-order valence-corrected chi connectivity index (χ0v) is 12.5. The average molecular weight is 279 g/mol. The van der Waals surface area contributed by atoms with Crippen molar-refractivity contribution in [1.29, 1.82) is 0 Å². The number of hydrogen-bond donors (Lipinski definition) is 1. The quantitative estimate of drug-likeness (QED) is 0.760. The zero-order chi connectivity index (χ0) is 14.5. The van der Waals surface area contributed by atoms with Crippen LogP contribution < -0.4 is 5.32 Å². The zero-order valence-electron chi connectivity index (χ0n) is 12.5. The first kappa shape index (κ1) is 15.2. The van der Waals surface area contributed by atoms with Crippen molar-refractivity contribution in [2.24, 2.45) is 17.8 Å². The summed E-state index contributed by atoms with van der Waals surface area (Å²) in [5.41, 5.74) is 0.448. The number of imide groups is 1. The molecule has 4 heteroatoms. The Bertz CT molecular complexity index is 403. The van der Waals surface area contributed by atoms with Crippen molar-refractivity contribution in [3.05, 3.63) is 11.6 Å². The second kappa shape index (κ2) is 7.02. The second-order valence-electron chi connectivity index (χ2n) is 6.02. The molecule has 1 fully saturated rings. The van der Waals surface area contributed by atoms with Crippen LogP contribution in [0.4, 0.5) is 0 Å². The van der Waals surface area contributed by atoms with E-state index < -0.39 is 0 Å². The maximum Gasteiger partial charge on any atom is 0.256 e. The molecule has 0 radical (unpaired) electrons. The van der Waals surface area contributed by atoms with Crippen LogP contribution in [0.15, 0.2) is 11.6 Å². The largest absolute Gasteiger partial charge is 0.376 e. The number of hydrogen-bond acceptors (Lipinski definition) is 3. The van der Waals surface area contributed by atoms with Gasteiger partial charge in [0, 0.05) is 18.3 Å². The molecule has 0 bridgehead atoms. The molecule has 2 unspecified atom stereocenters. The summed E-state index contributed by atoms with van der Waals surface area (Å²) in [7, 11) is 0. The van der Waals surface area contributed by atoms with Gasteiger partial charge in [-0.2, -0.15) is 0 Å². The number of carbonyl (C=O) groups is 2. The molecule has 3 atom stereocenters. The SMILES string of the molecule is CCC1CC[C@H](COCC2=CC(=O)NC2=O)CC1CC. The van der Waals surface area contributed by atoms with Crippen molar-refractivity contribution in [1.82, 2.24) is 5.32 Å². The molecule has 20 heavy (non-hydrogen) atoms. The Balaban J connectivity index is 1.74. The van der Waals surface area contributed by atoms with E-state index in [1.807, 2.05) is 0 Å². The topological polar surface area (TPSA) is 55.4 Å². The fourth-order valence-corrected chi connectivity index (χ4v) is 3.51. The van der Waals surface area contributed by atoms with Gasteiger partial charge in [-0.1, -0.05) is 26.7 Å². The van der Waals surface area contributed by atoms with Crippen LogP contribution in [0.3, 0.4) is 0 Å². The first-order valence-electron chi connectivity index (χ1n) is 7.77. The van der Waals surface area contributed by atoms with Gasteiger partial charge in [0.05, 0.1) is 6.61 Å². The van der Waals surface area contributed by atoms with Crippen LogP contribution in [0, 0.1) is 17.8 Å². The monoisotopic (exact) mass is 279 g/mol. The highest BCUT2D eigenvalue weighted by Gasteiger charge is 2.28. The minimum atomic E-state index is -0.330. The first-order valence-corrected chi connectivity index (χ1v) is 7.77. The van der Waals surface area contributed by atoms with Gasteiger partial charge in [-0.25, -0.2) is 0 Å². The summed E-state index contributed by atoms with van der Waals surface area (Å²) in [6.07, 6.45) is 7.62. The summed E-state index contributed by atoms with van der Waals surface area (Å²) in [6.45, 7) is 5.51. The molecule has 1 saturated carbocycles. The number of amides is 2. The predicted octanol–water partition coefficient (Wildman–Crippen LogP) is 2.44. The van der Waals surface area contributed by atoms with E-state index in [4.69, 9.17) is 4.74 Å². The van der Waals surface area contributed by atoms with E-state index in [1.54, 1.807) is 0 Å². The van der Waals surface area contributed by atoms with Crippen molar-refractivity contribution in [2.45, 2.75) is 46.0 Å². The van der Waals surface area contributed by atoms with E-state index in [9.17, 15) is 9.59 Å². The Morgan fingerprint density at radius 1 is 1.20 bits per heavy atom. The van der Waals surface area contributed by atoms with Crippen molar-refractivity contribution >= 4 is 11.8 Å². The summed E-state index contributed by atoms with van der Waals surface area (Å²) in [6, 6.07) is 0. The van der Waals surface area contributed by atoms with Gasteiger partial charge < -0.3 is 4.74 Å². The Labute approximate surface area is 120 Å². The molecule has 1 heterocycles. The maximum absolute atomic E-state index is 11.4. The molecular weight excluding hydrogens is 254 g/mol. The summed E-state index contributed by atoms with van der Waals surface area (Å²) in [4.78, 5) is 22.4. The second-order valence-corrected chi connectivity index (χ2v) is 6.02. The lowest BCUT2D eigenvalue weighted by Gasteiger charge is -2.35. The van der Waals surface area contributed by atoms with Crippen molar-refractivity contribution in [3.8, 4) is 0 Å². The van der Waals surface area contributed by atoms with Crippen LogP contribution in [-0.4, -0.2) is 25.0 Å². The normalized spacial score (nSPS) is 30.3. The molecule has 0 aromatic carbocycles. The van der Waals surface area contributed by atoms with E-state index in [1.165, 1.54) is 38.2 Å². The minimum Gasteiger partial charge on any atom is -0.376 e. The van der Waals surface area contributed by atoms with Crippen LogP contribution >= 0.6 is 0 Å². The van der Waals surface area contributed by atoms with E-state index in [2.05, 4.69) is 19.2 Å². The molecule has 1 N–H and O–H groups in total. The highest BCUT2D eigenvalue weighted by Crippen LogP contribution is 2.37. The van der Waals surface area contributed by atoms with Gasteiger partial charge in [-0.3, -0.25) is 14.9 Å². The Morgan fingerprint density at radius 2 is 1.95 bits per heavy atom. The molecule has 0 aromatic rings. The molecule has 0 aromatic heterocycles. The van der Waals surface area contributed by atoms with Crippen molar-refractivity contribution in [2.75, 3.05) is 13.2 Å². The predicted molar refractivity (Wildman–Crippen MR) is 77.0 cm³/mol. The molecule has 0 spiro atoms. The molecule has 2 aliphatic rings. The van der Waals surface area contributed by atoms with Crippen LogP contribution in [0.25, 0.3) is 0 Å². The maximum atomic E-state index is 11.4. The highest BCUT2D eigenvalue weighted by molar-refractivity contribution is 6.16. The van der Waals surface area contributed by atoms with Crippen LogP contribution in [0.5, 0.6) is 0 Å².